The van der Waals surface area contributed by atoms with Gasteiger partial charge in [0.15, 0.2) is 0 Å². The fraction of sp³-hybridized carbons (Fsp3) is 0.381. The third kappa shape index (κ3) is 5.46. The number of hydrogen-bond acceptors (Lipinski definition) is 8. The van der Waals surface area contributed by atoms with Crippen LogP contribution < -0.4 is 5.32 Å². The fourth-order valence-corrected chi connectivity index (χ4v) is 3.89. The number of rotatable bonds is 7. The van der Waals surface area contributed by atoms with Gasteiger partial charge in [-0.3, -0.25) is 14.9 Å². The second-order valence-corrected chi connectivity index (χ2v) is 8.35. The highest BCUT2D eigenvalue weighted by molar-refractivity contribution is 7.18. The van der Waals surface area contributed by atoms with Crippen molar-refractivity contribution in [2.75, 3.05) is 5.32 Å². The van der Waals surface area contributed by atoms with Gasteiger partial charge in [0, 0.05) is 17.2 Å². The van der Waals surface area contributed by atoms with E-state index in [4.69, 9.17) is 9.47 Å². The van der Waals surface area contributed by atoms with Gasteiger partial charge in [-0.2, -0.15) is 0 Å². The Balaban J connectivity index is 2.50. The summed E-state index contributed by atoms with van der Waals surface area (Å²) in [7, 11) is 0. The van der Waals surface area contributed by atoms with Gasteiger partial charge in [0.2, 0.25) is 0 Å². The molecular formula is C21H24N2O7S. The first-order valence-electron chi connectivity index (χ1n) is 9.54. The highest BCUT2D eigenvalue weighted by Crippen LogP contribution is 2.35. The number of nitro groups is 1. The van der Waals surface area contributed by atoms with E-state index in [0.29, 0.717) is 5.56 Å². The number of ether oxygens (including phenoxy) is 2. The van der Waals surface area contributed by atoms with Crippen molar-refractivity contribution in [2.24, 2.45) is 0 Å². The smallest absolute Gasteiger partial charge is 0.348 e. The van der Waals surface area contributed by atoms with Crippen LogP contribution in [-0.2, 0) is 9.47 Å². The summed E-state index contributed by atoms with van der Waals surface area (Å²) in [6.45, 7) is 9.78. The third-order valence-corrected chi connectivity index (χ3v) is 5.38. The highest BCUT2D eigenvalue weighted by atomic mass is 32.1. The number of nitrogens with one attached hydrogen (secondary N) is 1. The lowest BCUT2D eigenvalue weighted by molar-refractivity contribution is -0.385. The van der Waals surface area contributed by atoms with E-state index in [1.54, 1.807) is 34.6 Å². The highest BCUT2D eigenvalue weighted by Gasteiger charge is 2.29. The summed E-state index contributed by atoms with van der Waals surface area (Å²) in [6, 6.07) is 4.14. The van der Waals surface area contributed by atoms with Gasteiger partial charge in [0.25, 0.3) is 11.6 Å². The van der Waals surface area contributed by atoms with Crippen molar-refractivity contribution in [2.45, 2.75) is 53.8 Å². The lowest BCUT2D eigenvalue weighted by atomic mass is 10.1. The first-order chi connectivity index (χ1) is 14.4. The maximum Gasteiger partial charge on any atom is 0.348 e. The predicted molar refractivity (Wildman–Crippen MR) is 116 cm³/mol. The molecular weight excluding hydrogens is 424 g/mol. The Hall–Kier alpha value is -3.27. The largest absolute Gasteiger partial charge is 0.459 e. The molecule has 0 fully saturated rings. The number of benzene rings is 1. The first-order valence-corrected chi connectivity index (χ1v) is 10.4. The SMILES string of the molecule is Cc1c(C(=O)Nc2sc(C(=O)OC(C)C)c(C)c2C(=O)OC(C)C)cccc1[N+](=O)[O-]. The van der Waals surface area contributed by atoms with Crippen molar-refractivity contribution in [1.82, 2.24) is 0 Å². The van der Waals surface area contributed by atoms with E-state index in [2.05, 4.69) is 5.32 Å². The Morgan fingerprint density at radius 1 is 1.00 bits per heavy atom. The lowest BCUT2D eigenvalue weighted by Crippen LogP contribution is -2.18. The van der Waals surface area contributed by atoms with Gasteiger partial charge in [-0.1, -0.05) is 6.07 Å². The molecule has 1 N–H and O–H groups in total. The lowest BCUT2D eigenvalue weighted by Gasteiger charge is -2.11. The zero-order valence-corrected chi connectivity index (χ0v) is 18.9. The molecule has 9 nitrogen and oxygen atoms in total. The summed E-state index contributed by atoms with van der Waals surface area (Å²) < 4.78 is 10.5. The van der Waals surface area contributed by atoms with Gasteiger partial charge < -0.3 is 14.8 Å². The maximum atomic E-state index is 12.9. The molecule has 1 aromatic heterocycles. The van der Waals surface area contributed by atoms with Crippen LogP contribution >= 0.6 is 11.3 Å². The van der Waals surface area contributed by atoms with E-state index in [1.807, 2.05) is 0 Å². The van der Waals surface area contributed by atoms with Gasteiger partial charge in [0.1, 0.15) is 9.88 Å². The van der Waals surface area contributed by atoms with E-state index in [9.17, 15) is 24.5 Å². The number of nitro benzene ring substituents is 1. The van der Waals surface area contributed by atoms with E-state index in [-0.39, 0.29) is 38.4 Å². The van der Waals surface area contributed by atoms with Crippen LogP contribution in [0, 0.1) is 24.0 Å². The number of carbonyl (C=O) groups is 3. The average Bonchev–Trinajstić information content (AvgIpc) is 2.96. The van der Waals surface area contributed by atoms with Crippen LogP contribution in [0.5, 0.6) is 0 Å². The molecule has 0 bridgehead atoms. The van der Waals surface area contributed by atoms with Crippen LogP contribution in [0.15, 0.2) is 18.2 Å². The Bertz CT molecular complexity index is 1040. The first kappa shape index (κ1) is 24.0. The topological polar surface area (TPSA) is 125 Å². The van der Waals surface area contributed by atoms with Crippen LogP contribution in [0.4, 0.5) is 10.7 Å². The molecule has 1 aromatic carbocycles. The van der Waals surface area contributed by atoms with Gasteiger partial charge in [0.05, 0.1) is 22.7 Å². The molecule has 0 aliphatic heterocycles. The van der Waals surface area contributed by atoms with E-state index >= 15 is 0 Å². The summed E-state index contributed by atoms with van der Waals surface area (Å²) in [5.41, 5.74) is 0.438. The van der Waals surface area contributed by atoms with Crippen LogP contribution in [-0.4, -0.2) is 35.0 Å². The molecule has 31 heavy (non-hydrogen) atoms. The second kappa shape index (κ2) is 9.69. The quantitative estimate of drug-likeness (QED) is 0.371. The van der Waals surface area contributed by atoms with E-state index in [1.165, 1.54) is 25.1 Å². The monoisotopic (exact) mass is 448 g/mol. The molecule has 2 aromatic rings. The predicted octanol–water partition coefficient (Wildman–Crippen LogP) is 4.66. The molecule has 2 rings (SSSR count). The molecule has 0 saturated carbocycles. The molecule has 0 aliphatic rings. The van der Waals surface area contributed by atoms with Crippen LogP contribution in [0.2, 0.25) is 0 Å². The maximum absolute atomic E-state index is 12.9. The average molecular weight is 448 g/mol. The molecule has 0 saturated heterocycles. The van der Waals surface area contributed by atoms with Crippen molar-refractivity contribution in [1.29, 1.82) is 0 Å². The fourth-order valence-electron chi connectivity index (χ4n) is 2.82. The van der Waals surface area contributed by atoms with Crippen LogP contribution in [0.1, 0.15) is 69.2 Å². The third-order valence-electron chi connectivity index (χ3n) is 4.20. The van der Waals surface area contributed by atoms with Crippen LogP contribution in [0.25, 0.3) is 0 Å². The Kier molecular flexibility index (Phi) is 7.50. The molecule has 0 atom stereocenters. The molecule has 166 valence electrons. The summed E-state index contributed by atoms with van der Waals surface area (Å²) in [4.78, 5) is 48.8. The molecule has 1 amide bonds. The number of carbonyl (C=O) groups excluding carboxylic acids is 3. The Morgan fingerprint density at radius 3 is 2.13 bits per heavy atom. The zero-order chi connectivity index (χ0) is 23.5. The second-order valence-electron chi connectivity index (χ2n) is 7.33. The number of hydrogen-bond donors (Lipinski definition) is 1. The van der Waals surface area contributed by atoms with Crippen molar-refractivity contribution in [3.63, 3.8) is 0 Å². The molecule has 10 heteroatoms. The normalized spacial score (nSPS) is 10.8. The summed E-state index contributed by atoms with van der Waals surface area (Å²) >= 11 is 0.890. The minimum Gasteiger partial charge on any atom is -0.459 e. The van der Waals surface area contributed by atoms with Crippen LogP contribution in [0.3, 0.4) is 0 Å². The molecule has 0 spiro atoms. The molecule has 0 radical (unpaired) electrons. The van der Waals surface area contributed by atoms with Gasteiger partial charge in [-0.15, -0.1) is 11.3 Å². The van der Waals surface area contributed by atoms with E-state index < -0.39 is 28.9 Å². The molecule has 1 heterocycles. The Morgan fingerprint density at radius 2 is 1.58 bits per heavy atom. The van der Waals surface area contributed by atoms with Gasteiger partial charge in [-0.05, 0) is 53.2 Å². The number of amides is 1. The number of thiophene rings is 1. The molecule has 0 unspecified atom stereocenters. The minimum absolute atomic E-state index is 0.0471. The number of esters is 2. The van der Waals surface area contributed by atoms with Gasteiger partial charge in [-0.25, -0.2) is 9.59 Å². The van der Waals surface area contributed by atoms with E-state index in [0.717, 1.165) is 11.3 Å². The minimum atomic E-state index is -0.696. The molecule has 0 aliphatic carbocycles. The summed E-state index contributed by atoms with van der Waals surface area (Å²) in [5.74, 6) is -1.97. The van der Waals surface area contributed by atoms with Crippen molar-refractivity contribution < 1.29 is 28.8 Å². The summed E-state index contributed by atoms with van der Waals surface area (Å²) in [5, 5.41) is 13.9. The standard InChI is InChI=1S/C21H24N2O7S/c1-10(2)29-20(25)16-13(6)17(21(26)30-11(3)4)31-19(16)22-18(24)14-8-7-9-15(12(14)5)23(27)28/h7-11H,1-6H3,(H,22,24). The summed E-state index contributed by atoms with van der Waals surface area (Å²) in [6.07, 6.45) is -0.786. The van der Waals surface area contributed by atoms with Crippen molar-refractivity contribution >= 4 is 39.9 Å². The Labute approximate surface area is 183 Å². The van der Waals surface area contributed by atoms with Crippen molar-refractivity contribution in [3.8, 4) is 0 Å². The van der Waals surface area contributed by atoms with Gasteiger partial charge >= 0.3 is 11.9 Å². The number of anilines is 1. The number of nitrogens with zero attached hydrogens (tertiary/aromatic N) is 1. The zero-order valence-electron chi connectivity index (χ0n) is 18.1. The van der Waals surface area contributed by atoms with Crippen molar-refractivity contribution in [3.05, 3.63) is 55.4 Å².